The van der Waals surface area contributed by atoms with Gasteiger partial charge in [-0.25, -0.2) is 8.42 Å². The van der Waals surface area contributed by atoms with Gasteiger partial charge in [-0.05, 0) is 87.2 Å². The van der Waals surface area contributed by atoms with Gasteiger partial charge in [0.05, 0.1) is 10.6 Å². The van der Waals surface area contributed by atoms with Crippen LogP contribution in [0, 0.1) is 20.8 Å². The fourth-order valence-electron chi connectivity index (χ4n) is 5.10. The number of carbonyl (C=O) groups excluding carboxylic acids is 2. The van der Waals surface area contributed by atoms with E-state index in [0.29, 0.717) is 27.7 Å². The minimum Gasteiger partial charge on any atom is -0.352 e. The van der Waals surface area contributed by atoms with E-state index in [9.17, 15) is 18.0 Å². The SMILES string of the molecule is CC[C@@H](C)NC(=O)[C@@H](Cc1ccccc1)N(Cc1c(Cl)cccc1Cl)C(=O)CN(c1ccc(C)c(C)c1)S(=O)(=O)c1ccc(C)cc1. The third-order valence-electron chi connectivity index (χ3n) is 8.33. The zero-order valence-corrected chi connectivity index (χ0v) is 29.7. The summed E-state index contributed by atoms with van der Waals surface area (Å²) in [6.07, 6.45) is 0.870. The molecule has 4 aromatic rings. The molecule has 0 aliphatic heterocycles. The van der Waals surface area contributed by atoms with Crippen LogP contribution in [0.25, 0.3) is 0 Å². The van der Waals surface area contributed by atoms with Crippen molar-refractivity contribution in [3.63, 3.8) is 0 Å². The number of benzene rings is 4. The zero-order valence-electron chi connectivity index (χ0n) is 27.3. The number of rotatable bonds is 13. The summed E-state index contributed by atoms with van der Waals surface area (Å²) in [5.41, 5.74) is 4.37. The number of anilines is 1. The molecule has 2 amide bonds. The van der Waals surface area contributed by atoms with Crippen molar-refractivity contribution >= 4 is 50.7 Å². The van der Waals surface area contributed by atoms with Crippen LogP contribution in [0.5, 0.6) is 0 Å². The molecular formula is C37H41Cl2N3O4S. The van der Waals surface area contributed by atoms with Gasteiger partial charge in [0.2, 0.25) is 11.8 Å². The molecule has 1 N–H and O–H groups in total. The molecule has 0 aromatic heterocycles. The van der Waals surface area contributed by atoms with E-state index in [1.807, 2.05) is 71.0 Å². The summed E-state index contributed by atoms with van der Waals surface area (Å²) in [6, 6.07) is 25.0. The second-order valence-corrected chi connectivity index (χ2v) is 14.5. The van der Waals surface area contributed by atoms with Crippen LogP contribution in [0.4, 0.5) is 5.69 Å². The average molecular weight is 695 g/mol. The summed E-state index contributed by atoms with van der Waals surface area (Å²) >= 11 is 13.2. The van der Waals surface area contributed by atoms with Gasteiger partial charge in [0, 0.05) is 34.6 Å². The number of hydrogen-bond donors (Lipinski definition) is 1. The molecule has 4 aromatic carbocycles. The number of carbonyl (C=O) groups is 2. The zero-order chi connectivity index (χ0) is 34.3. The average Bonchev–Trinajstić information content (AvgIpc) is 3.04. The molecule has 0 spiro atoms. The fourth-order valence-corrected chi connectivity index (χ4v) is 7.02. The molecule has 248 valence electrons. The standard InChI is InChI=1S/C37H41Cl2N3O4S/c1-6-28(5)40-37(44)35(22-29-11-8-7-9-12-29)41(23-32-33(38)13-10-14-34(32)39)36(43)24-42(30-18-17-26(3)27(4)21-30)47(45,46)31-19-15-25(2)16-20-31/h7-21,28,35H,6,22-24H2,1-5H3,(H,40,44)/t28-,35-/m1/s1. The lowest BCUT2D eigenvalue weighted by atomic mass is 10.0. The van der Waals surface area contributed by atoms with Gasteiger partial charge in [-0.1, -0.05) is 90.3 Å². The second-order valence-electron chi connectivity index (χ2n) is 11.8. The molecule has 0 saturated carbocycles. The van der Waals surface area contributed by atoms with Crippen LogP contribution >= 0.6 is 23.2 Å². The molecular weight excluding hydrogens is 653 g/mol. The number of amides is 2. The normalized spacial score (nSPS) is 12.7. The Bertz CT molecular complexity index is 1800. The van der Waals surface area contributed by atoms with Gasteiger partial charge in [0.1, 0.15) is 12.6 Å². The number of sulfonamides is 1. The number of nitrogens with zero attached hydrogens (tertiary/aromatic N) is 2. The predicted octanol–water partition coefficient (Wildman–Crippen LogP) is 7.67. The van der Waals surface area contributed by atoms with Crippen molar-refractivity contribution in [3.8, 4) is 0 Å². The molecule has 47 heavy (non-hydrogen) atoms. The summed E-state index contributed by atoms with van der Waals surface area (Å²) in [5.74, 6) is -0.950. The summed E-state index contributed by atoms with van der Waals surface area (Å²) in [6.45, 7) is 8.86. The maximum Gasteiger partial charge on any atom is 0.264 e. The Morgan fingerprint density at radius 2 is 1.47 bits per heavy atom. The Labute approximate surface area is 288 Å². The lowest BCUT2D eigenvalue weighted by Crippen LogP contribution is -2.54. The Balaban J connectivity index is 1.86. The van der Waals surface area contributed by atoms with Crippen LogP contribution in [0.3, 0.4) is 0 Å². The van der Waals surface area contributed by atoms with Crippen molar-refractivity contribution in [2.24, 2.45) is 0 Å². The van der Waals surface area contributed by atoms with E-state index >= 15 is 0 Å². The van der Waals surface area contributed by atoms with Gasteiger partial charge in [-0.15, -0.1) is 0 Å². The van der Waals surface area contributed by atoms with Crippen molar-refractivity contribution in [2.75, 3.05) is 10.8 Å². The molecule has 0 bridgehead atoms. The van der Waals surface area contributed by atoms with Crippen molar-refractivity contribution in [2.45, 2.75) is 71.0 Å². The molecule has 0 radical (unpaired) electrons. The highest BCUT2D eigenvalue weighted by Gasteiger charge is 2.35. The van der Waals surface area contributed by atoms with Crippen LogP contribution in [0.2, 0.25) is 10.0 Å². The predicted molar refractivity (Wildman–Crippen MR) is 190 cm³/mol. The van der Waals surface area contributed by atoms with Crippen LogP contribution in [0.1, 0.15) is 48.1 Å². The van der Waals surface area contributed by atoms with Gasteiger partial charge in [-0.3, -0.25) is 13.9 Å². The summed E-state index contributed by atoms with van der Waals surface area (Å²) in [5, 5.41) is 3.69. The highest BCUT2D eigenvalue weighted by atomic mass is 35.5. The molecule has 0 heterocycles. The molecule has 0 unspecified atom stereocenters. The Hall–Kier alpha value is -3.85. The minimum absolute atomic E-state index is 0.0465. The summed E-state index contributed by atoms with van der Waals surface area (Å²) in [4.78, 5) is 30.1. The lowest BCUT2D eigenvalue weighted by Gasteiger charge is -2.34. The van der Waals surface area contributed by atoms with E-state index in [2.05, 4.69) is 5.32 Å². The topological polar surface area (TPSA) is 86.8 Å². The lowest BCUT2D eigenvalue weighted by molar-refractivity contribution is -0.140. The van der Waals surface area contributed by atoms with E-state index in [1.54, 1.807) is 42.5 Å². The van der Waals surface area contributed by atoms with Gasteiger partial charge in [0.25, 0.3) is 10.0 Å². The number of halogens is 2. The third-order valence-corrected chi connectivity index (χ3v) is 10.8. The first kappa shape index (κ1) is 36.0. The monoisotopic (exact) mass is 693 g/mol. The van der Waals surface area contributed by atoms with Gasteiger partial charge in [-0.2, -0.15) is 0 Å². The van der Waals surface area contributed by atoms with Crippen LogP contribution < -0.4 is 9.62 Å². The Morgan fingerprint density at radius 1 is 0.830 bits per heavy atom. The quantitative estimate of drug-likeness (QED) is 0.156. The van der Waals surface area contributed by atoms with E-state index in [-0.39, 0.29) is 29.8 Å². The molecule has 0 saturated heterocycles. The maximum atomic E-state index is 14.7. The fraction of sp³-hybridized carbons (Fsp3) is 0.297. The van der Waals surface area contributed by atoms with E-state index < -0.39 is 28.5 Å². The number of aryl methyl sites for hydroxylation is 3. The van der Waals surface area contributed by atoms with Crippen molar-refractivity contribution in [1.82, 2.24) is 10.2 Å². The Kier molecular flexibility index (Phi) is 12.1. The van der Waals surface area contributed by atoms with Crippen LogP contribution in [-0.2, 0) is 32.6 Å². The molecule has 7 nitrogen and oxygen atoms in total. The second kappa shape index (κ2) is 15.8. The van der Waals surface area contributed by atoms with Gasteiger partial charge >= 0.3 is 0 Å². The van der Waals surface area contributed by atoms with Gasteiger partial charge in [0.15, 0.2) is 0 Å². The molecule has 4 rings (SSSR count). The summed E-state index contributed by atoms with van der Waals surface area (Å²) < 4.78 is 29.7. The Morgan fingerprint density at radius 3 is 2.06 bits per heavy atom. The van der Waals surface area contributed by atoms with Crippen molar-refractivity contribution < 1.29 is 18.0 Å². The molecule has 0 aliphatic rings. The molecule has 0 aliphatic carbocycles. The first-order valence-corrected chi connectivity index (χ1v) is 17.7. The number of nitrogens with one attached hydrogen (secondary N) is 1. The van der Waals surface area contributed by atoms with E-state index in [4.69, 9.17) is 23.2 Å². The highest BCUT2D eigenvalue weighted by molar-refractivity contribution is 7.92. The van der Waals surface area contributed by atoms with E-state index in [1.165, 1.54) is 17.0 Å². The van der Waals surface area contributed by atoms with Crippen molar-refractivity contribution in [1.29, 1.82) is 0 Å². The molecule has 2 atom stereocenters. The first-order chi connectivity index (χ1) is 22.3. The van der Waals surface area contributed by atoms with Gasteiger partial charge < -0.3 is 10.2 Å². The van der Waals surface area contributed by atoms with Crippen LogP contribution in [0.15, 0.2) is 95.9 Å². The number of hydrogen-bond acceptors (Lipinski definition) is 4. The third kappa shape index (κ3) is 8.95. The highest BCUT2D eigenvalue weighted by Crippen LogP contribution is 2.30. The molecule has 10 heteroatoms. The smallest absolute Gasteiger partial charge is 0.264 e. The maximum absolute atomic E-state index is 14.7. The minimum atomic E-state index is -4.21. The van der Waals surface area contributed by atoms with E-state index in [0.717, 1.165) is 26.6 Å². The largest absolute Gasteiger partial charge is 0.352 e. The van der Waals surface area contributed by atoms with Crippen molar-refractivity contribution in [3.05, 3.63) is 129 Å². The first-order valence-electron chi connectivity index (χ1n) is 15.5. The molecule has 0 fully saturated rings. The van der Waals surface area contributed by atoms with Crippen LogP contribution in [-0.4, -0.2) is 43.8 Å². The summed E-state index contributed by atoms with van der Waals surface area (Å²) in [7, 11) is -4.21.